The Balaban J connectivity index is 2.06. The maximum Gasteiger partial charge on any atom is 0.253 e. The first-order valence-corrected chi connectivity index (χ1v) is 5.58. The molecule has 0 aromatic heterocycles. The molecular formula is C14H14N2O2. The summed E-state index contributed by atoms with van der Waals surface area (Å²) in [5, 5.41) is 12.3. The molecule has 0 spiro atoms. The number of amides is 1. The monoisotopic (exact) mass is 242 g/mol. The third-order valence-electron chi connectivity index (χ3n) is 2.64. The summed E-state index contributed by atoms with van der Waals surface area (Å²) in [6.45, 7) is 0.264. The van der Waals surface area contributed by atoms with Crippen LogP contribution in [0, 0.1) is 0 Å². The average Bonchev–Trinajstić information content (AvgIpc) is 2.38. The van der Waals surface area contributed by atoms with Gasteiger partial charge >= 0.3 is 0 Å². The van der Waals surface area contributed by atoms with Crippen molar-refractivity contribution in [3.05, 3.63) is 59.7 Å². The van der Waals surface area contributed by atoms with Gasteiger partial charge in [-0.05, 0) is 18.2 Å². The Bertz CT molecular complexity index is 567. The van der Waals surface area contributed by atoms with Gasteiger partial charge in [0.25, 0.3) is 5.91 Å². The SMILES string of the molecule is Nc1ccccc1C(=O)NCc1ccccc1O. The summed E-state index contributed by atoms with van der Waals surface area (Å²) in [6.07, 6.45) is 0. The zero-order valence-corrected chi connectivity index (χ0v) is 9.76. The standard InChI is InChI=1S/C14H14N2O2/c15-12-7-3-2-6-11(12)14(18)16-9-10-5-1-4-8-13(10)17/h1-8,17H,9,15H2,(H,16,18). The molecular weight excluding hydrogens is 228 g/mol. The van der Waals surface area contributed by atoms with E-state index in [0.717, 1.165) is 0 Å². The predicted octanol–water partition coefficient (Wildman–Crippen LogP) is 1.90. The van der Waals surface area contributed by atoms with Crippen LogP contribution in [0.4, 0.5) is 5.69 Å². The Morgan fingerprint density at radius 1 is 1.11 bits per heavy atom. The van der Waals surface area contributed by atoms with Crippen LogP contribution in [0.2, 0.25) is 0 Å². The number of benzene rings is 2. The van der Waals surface area contributed by atoms with E-state index < -0.39 is 0 Å². The van der Waals surface area contributed by atoms with Gasteiger partial charge in [0, 0.05) is 17.8 Å². The second kappa shape index (κ2) is 5.23. The molecule has 4 nitrogen and oxygen atoms in total. The second-order valence-electron chi connectivity index (χ2n) is 3.90. The van der Waals surface area contributed by atoms with Gasteiger partial charge in [0.1, 0.15) is 5.75 Å². The average molecular weight is 242 g/mol. The number of nitrogens with two attached hydrogens (primary N) is 1. The van der Waals surface area contributed by atoms with Gasteiger partial charge in [0.15, 0.2) is 0 Å². The van der Waals surface area contributed by atoms with Crippen LogP contribution in [0.3, 0.4) is 0 Å². The van der Waals surface area contributed by atoms with Crippen LogP contribution in [-0.4, -0.2) is 11.0 Å². The number of carbonyl (C=O) groups is 1. The Labute approximate surface area is 105 Å². The summed E-state index contributed by atoms with van der Waals surface area (Å²) >= 11 is 0. The fraction of sp³-hybridized carbons (Fsp3) is 0.0714. The molecule has 4 heteroatoms. The summed E-state index contributed by atoms with van der Waals surface area (Å²) < 4.78 is 0. The Kier molecular flexibility index (Phi) is 3.48. The summed E-state index contributed by atoms with van der Waals surface area (Å²) in [4.78, 5) is 11.9. The lowest BCUT2D eigenvalue weighted by atomic mass is 10.1. The van der Waals surface area contributed by atoms with E-state index >= 15 is 0 Å². The number of phenols is 1. The lowest BCUT2D eigenvalue weighted by Gasteiger charge is -2.08. The molecule has 4 N–H and O–H groups in total. The third-order valence-corrected chi connectivity index (χ3v) is 2.64. The van der Waals surface area contributed by atoms with E-state index in [0.29, 0.717) is 16.8 Å². The van der Waals surface area contributed by atoms with E-state index in [-0.39, 0.29) is 18.2 Å². The maximum absolute atomic E-state index is 11.9. The van der Waals surface area contributed by atoms with E-state index in [2.05, 4.69) is 5.32 Å². The van der Waals surface area contributed by atoms with Crippen LogP contribution in [0.25, 0.3) is 0 Å². The highest BCUT2D eigenvalue weighted by atomic mass is 16.3. The molecule has 2 aromatic rings. The van der Waals surface area contributed by atoms with Crippen LogP contribution in [0.15, 0.2) is 48.5 Å². The first-order valence-electron chi connectivity index (χ1n) is 5.58. The van der Waals surface area contributed by atoms with Gasteiger partial charge in [-0.1, -0.05) is 30.3 Å². The molecule has 0 fully saturated rings. The van der Waals surface area contributed by atoms with Crippen molar-refractivity contribution < 1.29 is 9.90 Å². The lowest BCUT2D eigenvalue weighted by molar-refractivity contribution is 0.0951. The van der Waals surface area contributed by atoms with Gasteiger partial charge in [-0.15, -0.1) is 0 Å². The summed E-state index contributed by atoms with van der Waals surface area (Å²) in [6, 6.07) is 13.7. The number of phenolic OH excluding ortho intramolecular Hbond substituents is 1. The molecule has 1 amide bonds. The maximum atomic E-state index is 11.9. The number of nitrogens with one attached hydrogen (secondary N) is 1. The van der Waals surface area contributed by atoms with Crippen molar-refractivity contribution in [2.45, 2.75) is 6.54 Å². The Morgan fingerprint density at radius 3 is 2.50 bits per heavy atom. The quantitative estimate of drug-likeness (QED) is 0.719. The number of aromatic hydroxyl groups is 1. The highest BCUT2D eigenvalue weighted by Gasteiger charge is 2.09. The molecule has 0 saturated carbocycles. The van der Waals surface area contributed by atoms with Gasteiger partial charge in [-0.2, -0.15) is 0 Å². The number of anilines is 1. The van der Waals surface area contributed by atoms with Crippen molar-refractivity contribution in [1.29, 1.82) is 0 Å². The van der Waals surface area contributed by atoms with Gasteiger partial charge in [-0.25, -0.2) is 0 Å². The normalized spacial score (nSPS) is 10.0. The van der Waals surface area contributed by atoms with E-state index in [1.54, 1.807) is 48.5 Å². The van der Waals surface area contributed by atoms with Gasteiger partial charge in [0.2, 0.25) is 0 Å². The smallest absolute Gasteiger partial charge is 0.253 e. The minimum atomic E-state index is -0.253. The lowest BCUT2D eigenvalue weighted by Crippen LogP contribution is -2.23. The molecule has 92 valence electrons. The summed E-state index contributed by atoms with van der Waals surface area (Å²) in [5.74, 6) is -0.0878. The van der Waals surface area contributed by atoms with Crippen molar-refractivity contribution in [3.8, 4) is 5.75 Å². The van der Waals surface area contributed by atoms with Gasteiger partial charge < -0.3 is 16.2 Å². The predicted molar refractivity (Wildman–Crippen MR) is 70.1 cm³/mol. The molecule has 0 saturated heterocycles. The summed E-state index contributed by atoms with van der Waals surface area (Å²) in [5.41, 5.74) is 7.25. The van der Waals surface area contributed by atoms with Crippen LogP contribution in [0.1, 0.15) is 15.9 Å². The minimum absolute atomic E-state index is 0.166. The van der Waals surface area contributed by atoms with Gasteiger partial charge in [-0.3, -0.25) is 4.79 Å². The largest absolute Gasteiger partial charge is 0.508 e. The number of hydrogen-bond donors (Lipinski definition) is 3. The molecule has 0 unspecified atom stereocenters. The Hall–Kier alpha value is -2.49. The number of rotatable bonds is 3. The van der Waals surface area contributed by atoms with Crippen LogP contribution < -0.4 is 11.1 Å². The number of para-hydroxylation sites is 2. The minimum Gasteiger partial charge on any atom is -0.508 e. The molecule has 2 aromatic carbocycles. The molecule has 0 aliphatic carbocycles. The molecule has 0 atom stereocenters. The number of carbonyl (C=O) groups excluding carboxylic acids is 1. The number of nitrogen functional groups attached to an aromatic ring is 1. The van der Waals surface area contributed by atoms with Crippen LogP contribution in [-0.2, 0) is 6.54 Å². The molecule has 0 heterocycles. The van der Waals surface area contributed by atoms with Crippen molar-refractivity contribution in [2.75, 3.05) is 5.73 Å². The summed E-state index contributed by atoms with van der Waals surface area (Å²) in [7, 11) is 0. The molecule has 0 radical (unpaired) electrons. The molecule has 18 heavy (non-hydrogen) atoms. The second-order valence-corrected chi connectivity index (χ2v) is 3.90. The van der Waals surface area contributed by atoms with Crippen molar-refractivity contribution in [2.24, 2.45) is 0 Å². The number of hydrogen-bond acceptors (Lipinski definition) is 3. The molecule has 2 rings (SSSR count). The van der Waals surface area contributed by atoms with E-state index in [9.17, 15) is 9.90 Å². The zero-order valence-electron chi connectivity index (χ0n) is 9.76. The highest BCUT2D eigenvalue weighted by Crippen LogP contribution is 2.16. The zero-order chi connectivity index (χ0) is 13.0. The molecule has 0 aliphatic rings. The first-order chi connectivity index (χ1) is 8.68. The van der Waals surface area contributed by atoms with E-state index in [1.807, 2.05) is 0 Å². The van der Waals surface area contributed by atoms with E-state index in [1.165, 1.54) is 0 Å². The fourth-order valence-electron chi connectivity index (χ4n) is 1.63. The highest BCUT2D eigenvalue weighted by molar-refractivity contribution is 5.99. The van der Waals surface area contributed by atoms with Crippen molar-refractivity contribution in [1.82, 2.24) is 5.32 Å². The fourth-order valence-corrected chi connectivity index (χ4v) is 1.63. The topological polar surface area (TPSA) is 75.4 Å². The van der Waals surface area contributed by atoms with Crippen molar-refractivity contribution in [3.63, 3.8) is 0 Å². The first kappa shape index (κ1) is 12.0. The van der Waals surface area contributed by atoms with E-state index in [4.69, 9.17) is 5.73 Å². The van der Waals surface area contributed by atoms with Gasteiger partial charge in [0.05, 0.1) is 5.56 Å². The molecule has 0 aliphatic heterocycles. The Morgan fingerprint density at radius 2 is 1.78 bits per heavy atom. The van der Waals surface area contributed by atoms with Crippen LogP contribution >= 0.6 is 0 Å². The van der Waals surface area contributed by atoms with Crippen LogP contribution in [0.5, 0.6) is 5.75 Å². The third kappa shape index (κ3) is 2.60. The molecule has 0 bridgehead atoms. The van der Waals surface area contributed by atoms with Crippen molar-refractivity contribution >= 4 is 11.6 Å².